The lowest BCUT2D eigenvalue weighted by atomic mass is 9.97. The summed E-state index contributed by atoms with van der Waals surface area (Å²) in [6.07, 6.45) is 0.715. The Labute approximate surface area is 191 Å². The highest BCUT2D eigenvalue weighted by atomic mass is 16.5. The molecule has 6 nitrogen and oxygen atoms in total. The first-order valence-electron chi connectivity index (χ1n) is 11.7. The van der Waals surface area contributed by atoms with Gasteiger partial charge in [-0.05, 0) is 43.7 Å². The van der Waals surface area contributed by atoms with Crippen LogP contribution < -0.4 is 4.74 Å². The van der Waals surface area contributed by atoms with Gasteiger partial charge in [0.2, 0.25) is 0 Å². The van der Waals surface area contributed by atoms with Crippen molar-refractivity contribution in [3.63, 3.8) is 0 Å². The largest absolute Gasteiger partial charge is 0.494 e. The highest BCUT2D eigenvalue weighted by Crippen LogP contribution is 2.34. The molecule has 1 atom stereocenters. The minimum absolute atomic E-state index is 0.0662. The molecular weight excluding hydrogens is 400 g/mol. The number of ether oxygens (including phenoxy) is 1. The third-order valence-electron chi connectivity index (χ3n) is 6.36. The van der Waals surface area contributed by atoms with Crippen molar-refractivity contribution in [1.82, 2.24) is 14.8 Å². The number of amides is 1. The molecule has 2 aromatic rings. The Morgan fingerprint density at radius 1 is 1.03 bits per heavy atom. The van der Waals surface area contributed by atoms with Crippen LogP contribution in [0, 0.1) is 6.92 Å². The summed E-state index contributed by atoms with van der Waals surface area (Å²) in [6.45, 7) is 12.3. The van der Waals surface area contributed by atoms with E-state index in [0.717, 1.165) is 55.3 Å². The zero-order valence-electron chi connectivity index (χ0n) is 19.5. The summed E-state index contributed by atoms with van der Waals surface area (Å²) in [5.74, 6) is 0.914. The summed E-state index contributed by atoms with van der Waals surface area (Å²) in [5.41, 5.74) is 4.34. The fraction of sp³-hybridized carbons (Fsp3) is 0.462. The van der Waals surface area contributed by atoms with Crippen LogP contribution in [0.5, 0.6) is 5.75 Å². The number of carbonyl (C=O) groups is 1. The first-order valence-corrected chi connectivity index (χ1v) is 11.7. The quantitative estimate of drug-likeness (QED) is 0.667. The van der Waals surface area contributed by atoms with Crippen molar-refractivity contribution in [2.45, 2.75) is 33.2 Å². The molecule has 1 saturated heterocycles. The van der Waals surface area contributed by atoms with Gasteiger partial charge in [-0.1, -0.05) is 48.9 Å². The number of carbonyl (C=O) groups excluding carboxylic acids is 1. The van der Waals surface area contributed by atoms with E-state index in [1.165, 1.54) is 5.56 Å². The van der Waals surface area contributed by atoms with Crippen LogP contribution in [-0.2, 0) is 4.79 Å². The number of aryl methyl sites for hydroxylation is 1. The van der Waals surface area contributed by atoms with Crippen LogP contribution in [0.1, 0.15) is 43.0 Å². The number of benzene rings is 2. The third kappa shape index (κ3) is 5.19. The summed E-state index contributed by atoms with van der Waals surface area (Å²) < 4.78 is 5.60. The molecule has 1 amide bonds. The first kappa shape index (κ1) is 22.5. The Bertz CT molecular complexity index is 949. The lowest BCUT2D eigenvalue weighted by Gasteiger charge is -2.34. The predicted octanol–water partition coefficient (Wildman–Crippen LogP) is 3.71. The highest BCUT2D eigenvalue weighted by Gasteiger charge is 2.34. The summed E-state index contributed by atoms with van der Waals surface area (Å²) >= 11 is 0. The molecule has 0 spiro atoms. The monoisotopic (exact) mass is 434 g/mol. The van der Waals surface area contributed by atoms with Crippen LogP contribution >= 0.6 is 0 Å². The van der Waals surface area contributed by atoms with E-state index >= 15 is 0 Å². The molecule has 0 radical (unpaired) electrons. The molecule has 2 aliphatic heterocycles. The van der Waals surface area contributed by atoms with Gasteiger partial charge in [0.25, 0.3) is 5.91 Å². The van der Waals surface area contributed by atoms with Gasteiger partial charge in [0.05, 0.1) is 24.9 Å². The average Bonchev–Trinajstić information content (AvgIpc) is 3.26. The van der Waals surface area contributed by atoms with Crippen molar-refractivity contribution < 1.29 is 9.53 Å². The van der Waals surface area contributed by atoms with E-state index in [0.29, 0.717) is 19.6 Å². The molecule has 4 rings (SSSR count). The number of hydrogen-bond acceptors (Lipinski definition) is 5. The number of nitrogens with zero attached hydrogens (tertiary/aromatic N) is 4. The van der Waals surface area contributed by atoms with Gasteiger partial charge >= 0.3 is 0 Å². The lowest BCUT2D eigenvalue weighted by Crippen LogP contribution is -2.49. The van der Waals surface area contributed by atoms with E-state index in [1.807, 2.05) is 19.1 Å². The number of likely N-dealkylation sites (N-methyl/N-ethyl adjacent to an activating group) is 1. The summed E-state index contributed by atoms with van der Waals surface area (Å²) in [5, 5.41) is 6.57. The SMILES string of the molecule is CCOc1ccc([C@@H]2CC(c3cccc(C)c3)=NN2C(=O)CN2CCN(CC)CC2)cc1. The maximum Gasteiger partial charge on any atom is 0.257 e. The average molecular weight is 435 g/mol. The summed E-state index contributed by atoms with van der Waals surface area (Å²) in [7, 11) is 0. The molecule has 2 aliphatic rings. The molecule has 0 N–H and O–H groups in total. The van der Waals surface area contributed by atoms with Crippen LogP contribution in [0.25, 0.3) is 0 Å². The Morgan fingerprint density at radius 3 is 2.41 bits per heavy atom. The summed E-state index contributed by atoms with van der Waals surface area (Å²) in [4.78, 5) is 18.1. The van der Waals surface area contributed by atoms with Gasteiger partial charge in [-0.3, -0.25) is 9.69 Å². The van der Waals surface area contributed by atoms with Gasteiger partial charge in [0.1, 0.15) is 5.75 Å². The topological polar surface area (TPSA) is 48.4 Å². The number of rotatable bonds is 7. The molecule has 0 unspecified atom stereocenters. The standard InChI is InChI=1S/C26H34N4O2/c1-4-28-13-15-29(16-14-28)19-26(31)30-25(21-9-11-23(12-10-21)32-5-2)18-24(27-30)22-8-6-7-20(3)17-22/h6-12,17,25H,4-5,13-16,18-19H2,1-3H3/t25-/m0/s1. The number of hydrogen-bond donors (Lipinski definition) is 0. The Balaban J connectivity index is 1.54. The van der Waals surface area contributed by atoms with E-state index in [4.69, 9.17) is 9.84 Å². The molecule has 2 aromatic carbocycles. The van der Waals surface area contributed by atoms with Crippen LogP contribution in [0.3, 0.4) is 0 Å². The zero-order valence-corrected chi connectivity index (χ0v) is 19.5. The normalized spacial score (nSPS) is 19.8. The maximum atomic E-state index is 13.4. The van der Waals surface area contributed by atoms with E-state index in [-0.39, 0.29) is 11.9 Å². The van der Waals surface area contributed by atoms with Crippen molar-refractivity contribution in [2.24, 2.45) is 5.10 Å². The third-order valence-corrected chi connectivity index (χ3v) is 6.36. The molecule has 0 aliphatic carbocycles. The molecule has 0 aromatic heterocycles. The Kier molecular flexibility index (Phi) is 7.22. The van der Waals surface area contributed by atoms with Crippen LogP contribution in [0.4, 0.5) is 0 Å². The Morgan fingerprint density at radius 2 is 1.75 bits per heavy atom. The van der Waals surface area contributed by atoms with Crippen LogP contribution in [0.2, 0.25) is 0 Å². The smallest absolute Gasteiger partial charge is 0.257 e. The minimum Gasteiger partial charge on any atom is -0.494 e. The van der Waals surface area contributed by atoms with Crippen LogP contribution in [-0.4, -0.2) is 72.3 Å². The first-order chi connectivity index (χ1) is 15.6. The predicted molar refractivity (Wildman–Crippen MR) is 128 cm³/mol. The van der Waals surface area contributed by atoms with Gasteiger partial charge < -0.3 is 9.64 Å². The maximum absolute atomic E-state index is 13.4. The fourth-order valence-electron chi connectivity index (χ4n) is 4.48. The van der Waals surface area contributed by atoms with Gasteiger partial charge in [0, 0.05) is 32.6 Å². The minimum atomic E-state index is -0.0920. The van der Waals surface area contributed by atoms with Crippen molar-refractivity contribution in [3.05, 3.63) is 65.2 Å². The second-order valence-electron chi connectivity index (χ2n) is 8.59. The second-order valence-corrected chi connectivity index (χ2v) is 8.59. The van der Waals surface area contributed by atoms with Gasteiger partial charge in [-0.25, -0.2) is 5.01 Å². The molecule has 0 saturated carbocycles. The van der Waals surface area contributed by atoms with E-state index in [2.05, 4.69) is 60.0 Å². The fourth-order valence-corrected chi connectivity index (χ4v) is 4.48. The Hall–Kier alpha value is -2.70. The van der Waals surface area contributed by atoms with Gasteiger partial charge in [-0.15, -0.1) is 0 Å². The van der Waals surface area contributed by atoms with Gasteiger partial charge in [0.15, 0.2) is 0 Å². The number of piperazine rings is 1. The molecule has 1 fully saturated rings. The highest BCUT2D eigenvalue weighted by molar-refractivity contribution is 6.03. The molecule has 170 valence electrons. The van der Waals surface area contributed by atoms with E-state index < -0.39 is 0 Å². The van der Waals surface area contributed by atoms with Crippen molar-refractivity contribution in [2.75, 3.05) is 45.9 Å². The van der Waals surface area contributed by atoms with Crippen molar-refractivity contribution in [1.29, 1.82) is 0 Å². The summed E-state index contributed by atoms with van der Waals surface area (Å²) in [6, 6.07) is 16.4. The number of hydrazone groups is 1. The molecule has 6 heteroatoms. The lowest BCUT2D eigenvalue weighted by molar-refractivity contribution is -0.134. The zero-order chi connectivity index (χ0) is 22.5. The van der Waals surface area contributed by atoms with Crippen LogP contribution in [0.15, 0.2) is 53.6 Å². The molecule has 2 heterocycles. The second kappa shape index (κ2) is 10.3. The molecule has 0 bridgehead atoms. The van der Waals surface area contributed by atoms with Gasteiger partial charge in [-0.2, -0.15) is 5.10 Å². The van der Waals surface area contributed by atoms with E-state index in [9.17, 15) is 4.79 Å². The van der Waals surface area contributed by atoms with E-state index in [1.54, 1.807) is 5.01 Å². The van der Waals surface area contributed by atoms with Crippen molar-refractivity contribution in [3.8, 4) is 5.75 Å². The van der Waals surface area contributed by atoms with Crippen molar-refractivity contribution >= 4 is 11.6 Å². The molecule has 32 heavy (non-hydrogen) atoms. The molecular formula is C26H34N4O2.